The molecule has 3 rings (SSSR count). The number of nitrogens with zero attached hydrogens (tertiary/aromatic N) is 1. The van der Waals surface area contributed by atoms with E-state index in [1.54, 1.807) is 13.8 Å². The number of hydrogen-bond donors (Lipinski definition) is 1. The van der Waals surface area contributed by atoms with Crippen molar-refractivity contribution in [3.63, 3.8) is 0 Å². The van der Waals surface area contributed by atoms with Gasteiger partial charge in [0.1, 0.15) is 10.6 Å². The lowest BCUT2D eigenvalue weighted by atomic mass is 10.0. The van der Waals surface area contributed by atoms with E-state index >= 15 is 0 Å². The summed E-state index contributed by atoms with van der Waals surface area (Å²) in [5.41, 5.74) is -0.102. The number of carbonyl (C=O) groups is 1. The van der Waals surface area contributed by atoms with Crippen molar-refractivity contribution in [3.8, 4) is 10.8 Å². The standard InChI is InChI=1S/C15H18N2O4S2/c1-9-4-5-11(21-9)14-16-10(2)12(22-14)13(18)17-15(3)6-7-23(19,20)8-15/h4-5H,6-8H2,1-3H3,(H,17,18). The van der Waals surface area contributed by atoms with Crippen LogP contribution in [-0.2, 0) is 9.84 Å². The molecular formula is C15H18N2O4S2. The highest BCUT2D eigenvalue weighted by molar-refractivity contribution is 7.91. The summed E-state index contributed by atoms with van der Waals surface area (Å²) in [4.78, 5) is 17.4. The van der Waals surface area contributed by atoms with E-state index in [0.29, 0.717) is 27.8 Å². The zero-order valence-electron chi connectivity index (χ0n) is 13.2. The highest BCUT2D eigenvalue weighted by Gasteiger charge is 2.40. The third-order valence-electron chi connectivity index (χ3n) is 3.87. The molecule has 2 aromatic rings. The largest absolute Gasteiger partial charge is 0.459 e. The van der Waals surface area contributed by atoms with Crippen LogP contribution in [-0.4, -0.2) is 36.4 Å². The first-order valence-electron chi connectivity index (χ1n) is 7.25. The van der Waals surface area contributed by atoms with E-state index in [2.05, 4.69) is 10.3 Å². The number of furan rings is 1. The molecule has 0 bridgehead atoms. The van der Waals surface area contributed by atoms with Crippen LogP contribution in [0.1, 0.15) is 34.5 Å². The molecule has 2 aromatic heterocycles. The van der Waals surface area contributed by atoms with Crippen molar-refractivity contribution in [2.24, 2.45) is 0 Å². The highest BCUT2D eigenvalue weighted by atomic mass is 32.2. The van der Waals surface area contributed by atoms with Crippen molar-refractivity contribution in [1.82, 2.24) is 10.3 Å². The third-order valence-corrected chi connectivity index (χ3v) is 6.95. The summed E-state index contributed by atoms with van der Waals surface area (Å²) in [5.74, 6) is 1.22. The molecule has 6 nitrogen and oxygen atoms in total. The predicted molar refractivity (Wildman–Crippen MR) is 88.4 cm³/mol. The Kier molecular flexibility index (Phi) is 3.84. The summed E-state index contributed by atoms with van der Waals surface area (Å²) < 4.78 is 28.8. The van der Waals surface area contributed by atoms with Gasteiger partial charge in [-0.05, 0) is 39.3 Å². The first-order valence-corrected chi connectivity index (χ1v) is 9.88. The second-order valence-corrected chi connectivity index (χ2v) is 9.38. The van der Waals surface area contributed by atoms with Crippen molar-refractivity contribution >= 4 is 27.1 Å². The molecule has 1 fully saturated rings. The van der Waals surface area contributed by atoms with Crippen molar-refractivity contribution in [3.05, 3.63) is 28.5 Å². The molecule has 3 heterocycles. The summed E-state index contributed by atoms with van der Waals surface area (Å²) in [5, 5.41) is 3.50. The van der Waals surface area contributed by atoms with Gasteiger partial charge in [-0.25, -0.2) is 13.4 Å². The first-order chi connectivity index (χ1) is 10.7. The number of sulfone groups is 1. The normalized spacial score (nSPS) is 23.1. The molecule has 0 aromatic carbocycles. The van der Waals surface area contributed by atoms with E-state index in [0.717, 1.165) is 5.76 Å². The lowest BCUT2D eigenvalue weighted by Crippen LogP contribution is -2.46. The van der Waals surface area contributed by atoms with E-state index in [1.807, 2.05) is 19.1 Å². The average molecular weight is 354 g/mol. The van der Waals surface area contributed by atoms with Crippen molar-refractivity contribution < 1.29 is 17.6 Å². The van der Waals surface area contributed by atoms with Crippen LogP contribution in [0.2, 0.25) is 0 Å². The lowest BCUT2D eigenvalue weighted by molar-refractivity contribution is 0.0919. The van der Waals surface area contributed by atoms with Gasteiger partial charge in [0.25, 0.3) is 5.91 Å². The molecule has 0 radical (unpaired) electrons. The molecule has 0 spiro atoms. The van der Waals surface area contributed by atoms with Crippen LogP contribution in [0.3, 0.4) is 0 Å². The number of amides is 1. The molecule has 1 saturated heterocycles. The second-order valence-electron chi connectivity index (χ2n) is 6.20. The van der Waals surface area contributed by atoms with Gasteiger partial charge < -0.3 is 9.73 Å². The maximum atomic E-state index is 12.5. The van der Waals surface area contributed by atoms with Gasteiger partial charge in [-0.2, -0.15) is 0 Å². The Hall–Kier alpha value is -1.67. The minimum Gasteiger partial charge on any atom is -0.459 e. The van der Waals surface area contributed by atoms with Gasteiger partial charge in [0.05, 0.1) is 22.7 Å². The fourth-order valence-electron chi connectivity index (χ4n) is 2.70. The smallest absolute Gasteiger partial charge is 0.263 e. The number of aromatic nitrogens is 1. The van der Waals surface area contributed by atoms with Crippen LogP contribution in [0.5, 0.6) is 0 Å². The monoisotopic (exact) mass is 354 g/mol. The van der Waals surface area contributed by atoms with Crippen LogP contribution in [0.4, 0.5) is 0 Å². The molecule has 23 heavy (non-hydrogen) atoms. The van der Waals surface area contributed by atoms with Crippen molar-refractivity contribution in [2.75, 3.05) is 11.5 Å². The van der Waals surface area contributed by atoms with Crippen LogP contribution < -0.4 is 5.32 Å². The zero-order chi connectivity index (χ0) is 16.8. The predicted octanol–water partition coefficient (Wildman–Crippen LogP) is 2.33. The fraction of sp³-hybridized carbons (Fsp3) is 0.467. The number of nitrogens with one attached hydrogen (secondary N) is 1. The average Bonchev–Trinajstić information content (AvgIpc) is 3.08. The molecule has 0 saturated carbocycles. The topological polar surface area (TPSA) is 89.3 Å². The molecule has 1 atom stereocenters. The lowest BCUT2D eigenvalue weighted by Gasteiger charge is -2.23. The van der Waals surface area contributed by atoms with Gasteiger partial charge in [0, 0.05) is 0 Å². The van der Waals surface area contributed by atoms with E-state index in [1.165, 1.54) is 11.3 Å². The van der Waals surface area contributed by atoms with Gasteiger partial charge in [0.15, 0.2) is 20.6 Å². The number of aryl methyl sites for hydroxylation is 2. The first kappa shape index (κ1) is 16.2. The summed E-state index contributed by atoms with van der Waals surface area (Å²) in [6, 6.07) is 3.66. The summed E-state index contributed by atoms with van der Waals surface area (Å²) >= 11 is 1.25. The quantitative estimate of drug-likeness (QED) is 0.914. The Morgan fingerprint density at radius 1 is 1.39 bits per heavy atom. The van der Waals surface area contributed by atoms with Gasteiger partial charge in [-0.15, -0.1) is 11.3 Å². The van der Waals surface area contributed by atoms with E-state index < -0.39 is 15.4 Å². The Morgan fingerprint density at radius 3 is 2.70 bits per heavy atom. The van der Waals surface area contributed by atoms with Crippen molar-refractivity contribution in [2.45, 2.75) is 32.7 Å². The molecule has 1 unspecified atom stereocenters. The molecule has 1 N–H and O–H groups in total. The summed E-state index contributed by atoms with van der Waals surface area (Å²) in [7, 11) is -3.07. The van der Waals surface area contributed by atoms with Crippen LogP contribution in [0.15, 0.2) is 16.5 Å². The minimum atomic E-state index is -3.07. The van der Waals surface area contributed by atoms with E-state index in [9.17, 15) is 13.2 Å². The molecule has 124 valence electrons. The van der Waals surface area contributed by atoms with Crippen LogP contribution in [0.25, 0.3) is 10.8 Å². The Bertz CT molecular complexity index is 866. The molecule has 1 aliphatic heterocycles. The van der Waals surface area contributed by atoms with Gasteiger partial charge >= 0.3 is 0 Å². The van der Waals surface area contributed by atoms with Crippen LogP contribution in [0, 0.1) is 13.8 Å². The molecule has 0 aliphatic carbocycles. The molecule has 8 heteroatoms. The van der Waals surface area contributed by atoms with Gasteiger partial charge in [-0.3, -0.25) is 4.79 Å². The highest BCUT2D eigenvalue weighted by Crippen LogP contribution is 2.30. The molecule has 1 aliphatic rings. The maximum Gasteiger partial charge on any atom is 0.263 e. The third kappa shape index (κ3) is 3.32. The number of carbonyl (C=O) groups excluding carboxylic acids is 1. The number of hydrogen-bond acceptors (Lipinski definition) is 6. The van der Waals surface area contributed by atoms with Gasteiger partial charge in [-0.1, -0.05) is 0 Å². The summed E-state index contributed by atoms with van der Waals surface area (Å²) in [6.45, 7) is 5.38. The SMILES string of the molecule is Cc1ccc(-c2nc(C)c(C(=O)NC3(C)CCS(=O)(=O)C3)s2)o1. The summed E-state index contributed by atoms with van der Waals surface area (Å²) in [6.07, 6.45) is 0.434. The number of rotatable bonds is 3. The zero-order valence-corrected chi connectivity index (χ0v) is 14.8. The Balaban J connectivity index is 1.82. The van der Waals surface area contributed by atoms with Crippen LogP contribution >= 0.6 is 11.3 Å². The maximum absolute atomic E-state index is 12.5. The second kappa shape index (κ2) is 5.45. The van der Waals surface area contributed by atoms with E-state index in [4.69, 9.17) is 4.42 Å². The Morgan fingerprint density at radius 2 is 2.13 bits per heavy atom. The number of thiazole rings is 1. The molecule has 1 amide bonds. The Labute approximate surface area is 138 Å². The van der Waals surface area contributed by atoms with E-state index in [-0.39, 0.29) is 17.4 Å². The molecular weight excluding hydrogens is 336 g/mol. The fourth-order valence-corrected chi connectivity index (χ4v) is 5.72. The van der Waals surface area contributed by atoms with Crippen molar-refractivity contribution in [1.29, 1.82) is 0 Å². The minimum absolute atomic E-state index is 0.0200. The van der Waals surface area contributed by atoms with Gasteiger partial charge in [0.2, 0.25) is 0 Å².